The number of amides is 1. The van der Waals surface area contributed by atoms with Crippen molar-refractivity contribution in [2.75, 3.05) is 6.54 Å². The Morgan fingerprint density at radius 2 is 1.86 bits per heavy atom. The van der Waals surface area contributed by atoms with Crippen molar-refractivity contribution in [2.24, 2.45) is 0 Å². The standard InChI is InChI=1S/C25H29FN2O/c1-3-4-7-15-28(25(29)23-13-5-6-14-24(23)26)19-22-12-9-16-27(22)18-21-11-8-10-20(2)17-21/h5-6,8-14,16-17H,3-4,7,15,18-19H2,1-2H3. The first-order chi connectivity index (χ1) is 14.1. The number of hydrogen-bond donors (Lipinski definition) is 0. The van der Waals surface area contributed by atoms with Gasteiger partial charge in [0.15, 0.2) is 0 Å². The van der Waals surface area contributed by atoms with E-state index in [1.807, 2.05) is 18.3 Å². The van der Waals surface area contributed by atoms with Gasteiger partial charge < -0.3 is 9.47 Å². The van der Waals surface area contributed by atoms with Crippen LogP contribution in [0.4, 0.5) is 4.39 Å². The van der Waals surface area contributed by atoms with Gasteiger partial charge in [0.25, 0.3) is 5.91 Å². The van der Waals surface area contributed by atoms with Crippen LogP contribution in [0.5, 0.6) is 0 Å². The summed E-state index contributed by atoms with van der Waals surface area (Å²) in [5, 5.41) is 0. The second kappa shape index (κ2) is 10.1. The quantitative estimate of drug-likeness (QED) is 0.422. The van der Waals surface area contributed by atoms with Gasteiger partial charge in [0, 0.05) is 25.0 Å². The second-order valence-corrected chi connectivity index (χ2v) is 7.53. The number of halogens is 1. The first-order valence-electron chi connectivity index (χ1n) is 10.3. The molecule has 0 saturated carbocycles. The van der Waals surface area contributed by atoms with E-state index in [4.69, 9.17) is 0 Å². The summed E-state index contributed by atoms with van der Waals surface area (Å²) in [5.74, 6) is -0.712. The Hall–Kier alpha value is -2.88. The smallest absolute Gasteiger partial charge is 0.257 e. The zero-order valence-electron chi connectivity index (χ0n) is 17.3. The van der Waals surface area contributed by atoms with Crippen LogP contribution in [0.2, 0.25) is 0 Å². The van der Waals surface area contributed by atoms with E-state index in [0.29, 0.717) is 13.1 Å². The predicted octanol–water partition coefficient (Wildman–Crippen LogP) is 5.82. The van der Waals surface area contributed by atoms with Gasteiger partial charge >= 0.3 is 0 Å². The molecule has 0 radical (unpaired) electrons. The largest absolute Gasteiger partial charge is 0.345 e. The number of rotatable bonds is 9. The fourth-order valence-corrected chi connectivity index (χ4v) is 3.56. The van der Waals surface area contributed by atoms with Gasteiger partial charge in [0.05, 0.1) is 12.1 Å². The van der Waals surface area contributed by atoms with Crippen molar-refractivity contribution in [3.8, 4) is 0 Å². The number of unbranched alkanes of at least 4 members (excludes halogenated alkanes) is 2. The highest BCUT2D eigenvalue weighted by Crippen LogP contribution is 2.16. The third kappa shape index (κ3) is 5.57. The minimum absolute atomic E-state index is 0.140. The molecule has 0 unspecified atom stereocenters. The average molecular weight is 393 g/mol. The lowest BCUT2D eigenvalue weighted by Crippen LogP contribution is -2.33. The molecule has 3 rings (SSSR count). The van der Waals surface area contributed by atoms with E-state index in [0.717, 1.165) is 31.5 Å². The maximum Gasteiger partial charge on any atom is 0.257 e. The lowest BCUT2D eigenvalue weighted by atomic mass is 10.1. The van der Waals surface area contributed by atoms with Gasteiger partial charge in [-0.05, 0) is 43.2 Å². The van der Waals surface area contributed by atoms with Crippen LogP contribution in [0.15, 0.2) is 66.9 Å². The van der Waals surface area contributed by atoms with Crippen molar-refractivity contribution in [3.05, 3.63) is 95.1 Å². The number of carbonyl (C=O) groups is 1. The molecule has 4 heteroatoms. The highest BCUT2D eigenvalue weighted by Gasteiger charge is 2.20. The van der Waals surface area contributed by atoms with Crippen LogP contribution in [0.3, 0.4) is 0 Å². The Labute approximate surface area is 172 Å². The van der Waals surface area contributed by atoms with Gasteiger partial charge in [0.2, 0.25) is 0 Å². The van der Waals surface area contributed by atoms with Crippen LogP contribution < -0.4 is 0 Å². The van der Waals surface area contributed by atoms with Crippen molar-refractivity contribution >= 4 is 5.91 Å². The highest BCUT2D eigenvalue weighted by atomic mass is 19.1. The Bertz CT molecular complexity index is 947. The number of hydrogen-bond acceptors (Lipinski definition) is 1. The maximum absolute atomic E-state index is 14.2. The Morgan fingerprint density at radius 1 is 1.03 bits per heavy atom. The first kappa shape index (κ1) is 20.8. The summed E-state index contributed by atoms with van der Waals surface area (Å²) >= 11 is 0. The maximum atomic E-state index is 14.2. The number of nitrogens with zero attached hydrogens (tertiary/aromatic N) is 2. The molecule has 2 aromatic carbocycles. The van der Waals surface area contributed by atoms with Crippen molar-refractivity contribution in [2.45, 2.75) is 46.2 Å². The monoisotopic (exact) mass is 392 g/mol. The summed E-state index contributed by atoms with van der Waals surface area (Å²) in [6, 6.07) is 18.7. The van der Waals surface area contributed by atoms with Gasteiger partial charge in [-0.1, -0.05) is 61.7 Å². The van der Waals surface area contributed by atoms with E-state index >= 15 is 0 Å². The summed E-state index contributed by atoms with van der Waals surface area (Å²) in [7, 11) is 0. The van der Waals surface area contributed by atoms with Crippen LogP contribution in [0.25, 0.3) is 0 Å². The molecule has 1 aromatic heterocycles. The minimum Gasteiger partial charge on any atom is -0.345 e. The molecular formula is C25H29FN2O. The lowest BCUT2D eigenvalue weighted by molar-refractivity contribution is 0.0731. The summed E-state index contributed by atoms with van der Waals surface area (Å²) in [5.41, 5.74) is 3.64. The van der Waals surface area contributed by atoms with Gasteiger partial charge in [-0.25, -0.2) is 4.39 Å². The van der Waals surface area contributed by atoms with Crippen LogP contribution in [0, 0.1) is 12.7 Å². The zero-order valence-corrected chi connectivity index (χ0v) is 17.3. The third-order valence-electron chi connectivity index (χ3n) is 5.13. The van der Waals surface area contributed by atoms with E-state index in [9.17, 15) is 9.18 Å². The molecule has 0 saturated heterocycles. The molecule has 1 heterocycles. The van der Waals surface area contributed by atoms with Crippen LogP contribution in [-0.4, -0.2) is 21.9 Å². The summed E-state index contributed by atoms with van der Waals surface area (Å²) in [6.45, 7) is 6.06. The lowest BCUT2D eigenvalue weighted by Gasteiger charge is -2.24. The first-order valence-corrected chi connectivity index (χ1v) is 10.3. The third-order valence-corrected chi connectivity index (χ3v) is 5.13. The summed E-state index contributed by atoms with van der Waals surface area (Å²) in [6.07, 6.45) is 5.07. The van der Waals surface area contributed by atoms with Gasteiger partial charge in [-0.2, -0.15) is 0 Å². The molecule has 0 atom stereocenters. The SMILES string of the molecule is CCCCCN(Cc1cccn1Cc1cccc(C)c1)C(=O)c1ccccc1F. The van der Waals surface area contributed by atoms with Crippen molar-refractivity contribution in [1.82, 2.24) is 9.47 Å². The van der Waals surface area contributed by atoms with E-state index in [1.165, 1.54) is 17.2 Å². The molecule has 0 aliphatic rings. The molecule has 1 amide bonds. The Balaban J connectivity index is 1.80. The van der Waals surface area contributed by atoms with E-state index in [-0.39, 0.29) is 11.5 Å². The molecule has 3 nitrogen and oxygen atoms in total. The highest BCUT2D eigenvalue weighted by molar-refractivity contribution is 5.94. The molecule has 152 valence electrons. The number of aromatic nitrogens is 1. The van der Waals surface area contributed by atoms with Crippen molar-refractivity contribution in [1.29, 1.82) is 0 Å². The molecule has 0 aliphatic carbocycles. The van der Waals surface area contributed by atoms with Crippen LogP contribution in [0.1, 0.15) is 53.4 Å². The molecule has 0 fully saturated rings. The fraction of sp³-hybridized carbons (Fsp3) is 0.320. The van der Waals surface area contributed by atoms with Gasteiger partial charge in [-0.15, -0.1) is 0 Å². The van der Waals surface area contributed by atoms with Gasteiger partial charge in [0.1, 0.15) is 5.82 Å². The molecular weight excluding hydrogens is 363 g/mol. The molecule has 0 aliphatic heterocycles. The molecule has 0 bridgehead atoms. The Kier molecular flexibility index (Phi) is 7.23. The topological polar surface area (TPSA) is 25.2 Å². The molecule has 3 aromatic rings. The predicted molar refractivity (Wildman–Crippen MR) is 115 cm³/mol. The number of carbonyl (C=O) groups excluding carboxylic acids is 1. The van der Waals surface area contributed by atoms with Crippen molar-refractivity contribution in [3.63, 3.8) is 0 Å². The van der Waals surface area contributed by atoms with Crippen molar-refractivity contribution < 1.29 is 9.18 Å². The van der Waals surface area contributed by atoms with E-state index < -0.39 is 5.82 Å². The van der Waals surface area contributed by atoms with Crippen LogP contribution in [-0.2, 0) is 13.1 Å². The van der Waals surface area contributed by atoms with E-state index in [2.05, 4.69) is 42.7 Å². The Morgan fingerprint density at radius 3 is 2.62 bits per heavy atom. The normalized spacial score (nSPS) is 10.9. The average Bonchev–Trinajstić information content (AvgIpc) is 3.14. The zero-order chi connectivity index (χ0) is 20.6. The summed E-state index contributed by atoms with van der Waals surface area (Å²) < 4.78 is 16.4. The molecule has 29 heavy (non-hydrogen) atoms. The van der Waals surface area contributed by atoms with Crippen LogP contribution >= 0.6 is 0 Å². The van der Waals surface area contributed by atoms with Gasteiger partial charge in [-0.3, -0.25) is 4.79 Å². The second-order valence-electron chi connectivity index (χ2n) is 7.53. The fourth-order valence-electron chi connectivity index (χ4n) is 3.56. The summed E-state index contributed by atoms with van der Waals surface area (Å²) in [4.78, 5) is 14.9. The minimum atomic E-state index is -0.465. The number of benzene rings is 2. The van der Waals surface area contributed by atoms with E-state index in [1.54, 1.807) is 23.1 Å². The molecule has 0 spiro atoms. The number of aryl methyl sites for hydroxylation is 1. The molecule has 0 N–H and O–H groups in total.